The van der Waals surface area contributed by atoms with E-state index in [-0.39, 0.29) is 18.3 Å². The van der Waals surface area contributed by atoms with Gasteiger partial charge in [0.1, 0.15) is 17.4 Å². The normalized spacial score (nSPS) is 17.2. The molecule has 1 N–H and O–H groups in total. The topological polar surface area (TPSA) is 72.3 Å². The minimum Gasteiger partial charge on any atom is -0.496 e. The van der Waals surface area contributed by atoms with Crippen molar-refractivity contribution in [3.63, 3.8) is 0 Å². The zero-order valence-electron chi connectivity index (χ0n) is 15.2. The molecular weight excluding hydrogens is 389 g/mol. The van der Waals surface area contributed by atoms with Crippen LogP contribution in [0.15, 0.2) is 18.2 Å². The average molecular weight is 412 g/mol. The molecule has 7 nitrogen and oxygen atoms in total. The molecule has 0 unspecified atom stereocenters. The van der Waals surface area contributed by atoms with E-state index in [0.717, 1.165) is 44.1 Å². The van der Waals surface area contributed by atoms with Gasteiger partial charge in [-0.15, -0.1) is 22.6 Å². The van der Waals surface area contributed by atoms with Gasteiger partial charge in [-0.3, -0.25) is 4.79 Å². The van der Waals surface area contributed by atoms with Gasteiger partial charge < -0.3 is 19.5 Å². The van der Waals surface area contributed by atoms with Crippen LogP contribution in [0.1, 0.15) is 40.8 Å². The lowest BCUT2D eigenvalue weighted by molar-refractivity contribution is 0.0706. The zero-order chi connectivity index (χ0) is 18.1. The predicted octanol–water partition coefficient (Wildman–Crippen LogP) is 2.48. The van der Waals surface area contributed by atoms with Gasteiger partial charge in [-0.1, -0.05) is 11.6 Å². The Morgan fingerprint density at radius 3 is 2.78 bits per heavy atom. The second kappa shape index (κ2) is 8.46. The van der Waals surface area contributed by atoms with Crippen LogP contribution in [0.5, 0.6) is 5.75 Å². The van der Waals surface area contributed by atoms with E-state index in [1.54, 1.807) is 25.3 Å². The number of carbonyl (C=O) groups is 1. The molecule has 2 aliphatic rings. The monoisotopic (exact) mass is 411 g/mol. The lowest BCUT2D eigenvalue weighted by atomic mass is 9.95. The van der Waals surface area contributed by atoms with Gasteiger partial charge in [0.15, 0.2) is 0 Å². The number of ether oxygens (including phenoxy) is 1. The maximum atomic E-state index is 12.9. The summed E-state index contributed by atoms with van der Waals surface area (Å²) in [5.74, 6) is 2.94. The number of nitrogens with one attached hydrogen (secondary N) is 1. The SMILES string of the molecule is COc1ccc(Cl)cc1C(=O)N1CCC(c2nnc3n2CCNC3)CC1.Cl. The Bertz CT molecular complexity index is 818. The Kier molecular flexibility index (Phi) is 6.24. The lowest BCUT2D eigenvalue weighted by Crippen LogP contribution is -2.39. The van der Waals surface area contributed by atoms with E-state index in [0.29, 0.717) is 35.3 Å². The fourth-order valence-corrected chi connectivity index (χ4v) is 3.95. The van der Waals surface area contributed by atoms with E-state index >= 15 is 0 Å². The molecule has 4 rings (SSSR count). The quantitative estimate of drug-likeness (QED) is 0.839. The van der Waals surface area contributed by atoms with Gasteiger partial charge in [0.25, 0.3) is 5.91 Å². The van der Waals surface area contributed by atoms with Gasteiger partial charge in [-0.05, 0) is 31.0 Å². The Morgan fingerprint density at radius 2 is 2.04 bits per heavy atom. The summed E-state index contributed by atoms with van der Waals surface area (Å²) in [6.45, 7) is 4.03. The number of aromatic nitrogens is 3. The van der Waals surface area contributed by atoms with Crippen molar-refractivity contribution < 1.29 is 9.53 Å². The first-order valence-electron chi connectivity index (χ1n) is 8.93. The Morgan fingerprint density at radius 1 is 1.26 bits per heavy atom. The van der Waals surface area contributed by atoms with Crippen LogP contribution in [0.2, 0.25) is 5.02 Å². The summed E-state index contributed by atoms with van der Waals surface area (Å²) in [6.07, 6.45) is 1.78. The van der Waals surface area contributed by atoms with Crippen molar-refractivity contribution in [2.75, 3.05) is 26.7 Å². The standard InChI is InChI=1S/C18H22ClN5O2.ClH/c1-26-15-3-2-13(19)10-14(15)18(25)23-7-4-12(5-8-23)17-22-21-16-11-20-6-9-24(16)17;/h2-3,10,12,20H,4-9,11H2,1H3;1H. The number of hydrogen-bond acceptors (Lipinski definition) is 5. The van der Waals surface area contributed by atoms with Gasteiger partial charge in [-0.2, -0.15) is 0 Å². The maximum absolute atomic E-state index is 12.9. The third kappa shape index (κ3) is 3.90. The van der Waals surface area contributed by atoms with Crippen LogP contribution >= 0.6 is 24.0 Å². The molecule has 1 fully saturated rings. The first-order valence-corrected chi connectivity index (χ1v) is 9.30. The van der Waals surface area contributed by atoms with Gasteiger partial charge >= 0.3 is 0 Å². The average Bonchev–Trinajstić information content (AvgIpc) is 3.11. The molecule has 1 saturated heterocycles. The molecule has 1 amide bonds. The molecule has 1 aromatic carbocycles. The number of rotatable bonds is 3. The third-order valence-electron chi connectivity index (χ3n) is 5.19. The molecule has 0 saturated carbocycles. The highest BCUT2D eigenvalue weighted by Crippen LogP contribution is 2.30. The fraction of sp³-hybridized carbons (Fsp3) is 0.500. The molecule has 0 aliphatic carbocycles. The molecule has 0 spiro atoms. The number of amides is 1. The van der Waals surface area contributed by atoms with Crippen LogP contribution in [-0.2, 0) is 13.1 Å². The van der Waals surface area contributed by atoms with Crippen molar-refractivity contribution in [1.82, 2.24) is 25.0 Å². The molecule has 0 radical (unpaired) electrons. The number of fused-ring (bicyclic) bond motifs is 1. The van der Waals surface area contributed by atoms with Crippen molar-refractivity contribution in [1.29, 1.82) is 0 Å². The van der Waals surface area contributed by atoms with E-state index in [4.69, 9.17) is 16.3 Å². The second-order valence-electron chi connectivity index (χ2n) is 6.71. The van der Waals surface area contributed by atoms with Crippen molar-refractivity contribution >= 4 is 29.9 Å². The molecule has 0 atom stereocenters. The second-order valence-corrected chi connectivity index (χ2v) is 7.15. The first-order chi connectivity index (χ1) is 12.7. The van der Waals surface area contributed by atoms with E-state index < -0.39 is 0 Å². The van der Waals surface area contributed by atoms with Gasteiger partial charge in [0, 0.05) is 37.1 Å². The van der Waals surface area contributed by atoms with Crippen LogP contribution in [-0.4, -0.2) is 52.3 Å². The summed E-state index contributed by atoms with van der Waals surface area (Å²) < 4.78 is 7.56. The molecule has 146 valence electrons. The lowest BCUT2D eigenvalue weighted by Gasteiger charge is -2.32. The molecular formula is C18H23Cl2N5O2. The number of halogens is 2. The minimum absolute atomic E-state index is 0. The highest BCUT2D eigenvalue weighted by molar-refractivity contribution is 6.31. The van der Waals surface area contributed by atoms with Gasteiger partial charge in [-0.25, -0.2) is 0 Å². The molecule has 2 aromatic rings. The highest BCUT2D eigenvalue weighted by atomic mass is 35.5. The van der Waals surface area contributed by atoms with E-state index in [9.17, 15) is 4.79 Å². The fourth-order valence-electron chi connectivity index (χ4n) is 3.78. The molecule has 0 bridgehead atoms. The highest BCUT2D eigenvalue weighted by Gasteiger charge is 2.30. The number of benzene rings is 1. The number of carbonyl (C=O) groups excluding carboxylic acids is 1. The zero-order valence-corrected chi connectivity index (χ0v) is 16.7. The van der Waals surface area contributed by atoms with Gasteiger partial charge in [0.05, 0.1) is 19.2 Å². The summed E-state index contributed by atoms with van der Waals surface area (Å²) >= 11 is 6.07. The summed E-state index contributed by atoms with van der Waals surface area (Å²) in [5.41, 5.74) is 0.518. The number of piperidine rings is 1. The van der Waals surface area contributed by atoms with Crippen molar-refractivity contribution in [3.8, 4) is 5.75 Å². The predicted molar refractivity (Wildman–Crippen MR) is 105 cm³/mol. The maximum Gasteiger partial charge on any atom is 0.257 e. The van der Waals surface area contributed by atoms with Crippen LogP contribution < -0.4 is 10.1 Å². The van der Waals surface area contributed by atoms with Crippen molar-refractivity contribution in [2.24, 2.45) is 0 Å². The number of likely N-dealkylation sites (tertiary alicyclic amines) is 1. The molecule has 9 heteroatoms. The van der Waals surface area contributed by atoms with Crippen LogP contribution in [0.25, 0.3) is 0 Å². The largest absolute Gasteiger partial charge is 0.496 e. The summed E-state index contributed by atoms with van der Waals surface area (Å²) in [6, 6.07) is 5.14. The minimum atomic E-state index is -0.0322. The van der Waals surface area contributed by atoms with Crippen molar-refractivity contribution in [2.45, 2.75) is 31.8 Å². The smallest absolute Gasteiger partial charge is 0.257 e. The van der Waals surface area contributed by atoms with Crippen LogP contribution in [0.3, 0.4) is 0 Å². The van der Waals surface area contributed by atoms with E-state index in [2.05, 4.69) is 20.1 Å². The van der Waals surface area contributed by atoms with Crippen LogP contribution in [0, 0.1) is 0 Å². The van der Waals surface area contributed by atoms with Crippen LogP contribution in [0.4, 0.5) is 0 Å². The first kappa shape index (κ1) is 19.9. The van der Waals surface area contributed by atoms with Crippen molar-refractivity contribution in [3.05, 3.63) is 40.4 Å². The Hall–Kier alpha value is -1.83. The third-order valence-corrected chi connectivity index (χ3v) is 5.43. The molecule has 2 aliphatic heterocycles. The summed E-state index contributed by atoms with van der Waals surface area (Å²) in [7, 11) is 1.57. The number of nitrogens with zero attached hydrogens (tertiary/aromatic N) is 4. The summed E-state index contributed by atoms with van der Waals surface area (Å²) in [5, 5.41) is 12.6. The van der Waals surface area contributed by atoms with Gasteiger partial charge in [0.2, 0.25) is 0 Å². The summed E-state index contributed by atoms with van der Waals surface area (Å²) in [4.78, 5) is 14.8. The Labute approximate surface area is 169 Å². The number of hydrogen-bond donors (Lipinski definition) is 1. The van der Waals surface area contributed by atoms with E-state index in [1.807, 2.05) is 4.90 Å². The molecule has 27 heavy (non-hydrogen) atoms. The molecule has 3 heterocycles. The number of methoxy groups -OCH3 is 1. The Balaban J connectivity index is 0.00000210. The molecule has 1 aromatic heterocycles. The van der Waals surface area contributed by atoms with E-state index in [1.165, 1.54) is 0 Å².